The van der Waals surface area contributed by atoms with E-state index in [0.29, 0.717) is 12.1 Å². The van der Waals surface area contributed by atoms with Crippen LogP contribution in [0.3, 0.4) is 0 Å². The van der Waals surface area contributed by atoms with Crippen LogP contribution in [0.4, 0.5) is 5.95 Å². The summed E-state index contributed by atoms with van der Waals surface area (Å²) in [6.45, 7) is 4.54. The first-order valence-corrected chi connectivity index (χ1v) is 11.4. The summed E-state index contributed by atoms with van der Waals surface area (Å²) in [5.41, 5.74) is 3.60. The molecule has 2 aromatic rings. The van der Waals surface area contributed by atoms with E-state index in [4.69, 9.17) is 10.1 Å². The van der Waals surface area contributed by atoms with E-state index in [1.807, 2.05) is 18.5 Å². The molecule has 0 radical (unpaired) electrons. The molecule has 2 aliphatic rings. The van der Waals surface area contributed by atoms with Crippen LogP contribution in [0.5, 0.6) is 0 Å². The van der Waals surface area contributed by atoms with E-state index in [2.05, 4.69) is 28.8 Å². The van der Waals surface area contributed by atoms with E-state index < -0.39 is 0 Å². The summed E-state index contributed by atoms with van der Waals surface area (Å²) in [6, 6.07) is 3.06. The molecule has 2 fully saturated rings. The number of nitrogens with zero attached hydrogens (tertiary/aromatic N) is 4. The van der Waals surface area contributed by atoms with Crippen molar-refractivity contribution in [2.75, 3.05) is 5.32 Å². The van der Waals surface area contributed by atoms with Gasteiger partial charge >= 0.3 is 0 Å². The lowest BCUT2D eigenvalue weighted by molar-refractivity contribution is 0.394. The summed E-state index contributed by atoms with van der Waals surface area (Å²) in [4.78, 5) is 9.39. The minimum atomic E-state index is 0.495. The second-order valence-corrected chi connectivity index (χ2v) is 8.69. The fourth-order valence-corrected chi connectivity index (χ4v) is 4.56. The van der Waals surface area contributed by atoms with Crippen molar-refractivity contribution in [1.82, 2.24) is 19.7 Å². The van der Waals surface area contributed by atoms with Crippen LogP contribution >= 0.6 is 0 Å². The Morgan fingerprint density at radius 2 is 1.96 bits per heavy atom. The van der Waals surface area contributed by atoms with Crippen LogP contribution in [-0.2, 0) is 6.42 Å². The molecule has 0 amide bonds. The lowest BCUT2D eigenvalue weighted by Gasteiger charge is -2.22. The Labute approximate surface area is 169 Å². The highest BCUT2D eigenvalue weighted by molar-refractivity contribution is 5.62. The third-order valence-corrected chi connectivity index (χ3v) is 6.39. The minimum absolute atomic E-state index is 0.495. The second-order valence-electron chi connectivity index (χ2n) is 8.69. The Hall–Kier alpha value is -1.91. The molecule has 4 rings (SSSR count). The zero-order chi connectivity index (χ0) is 19.3. The van der Waals surface area contributed by atoms with Crippen molar-refractivity contribution in [3.63, 3.8) is 0 Å². The first-order valence-electron chi connectivity index (χ1n) is 11.4. The van der Waals surface area contributed by atoms with Crippen molar-refractivity contribution in [1.29, 1.82) is 0 Å². The molecule has 1 unspecified atom stereocenters. The molecule has 2 aromatic heterocycles. The number of nitrogens with one attached hydrogen (secondary N) is 1. The minimum Gasteiger partial charge on any atom is -0.351 e. The van der Waals surface area contributed by atoms with E-state index in [1.165, 1.54) is 69.0 Å². The molecule has 1 atom stereocenters. The Morgan fingerprint density at radius 3 is 2.68 bits per heavy atom. The van der Waals surface area contributed by atoms with Gasteiger partial charge in [0.2, 0.25) is 5.95 Å². The van der Waals surface area contributed by atoms with E-state index in [1.54, 1.807) is 0 Å². The van der Waals surface area contributed by atoms with Crippen molar-refractivity contribution in [3.8, 4) is 11.3 Å². The lowest BCUT2D eigenvalue weighted by atomic mass is 9.96. The van der Waals surface area contributed by atoms with Gasteiger partial charge < -0.3 is 5.32 Å². The predicted octanol–water partition coefficient (Wildman–Crippen LogP) is 5.79. The van der Waals surface area contributed by atoms with Crippen LogP contribution < -0.4 is 5.32 Å². The summed E-state index contributed by atoms with van der Waals surface area (Å²) in [7, 11) is 0. The Bertz CT molecular complexity index is 758. The van der Waals surface area contributed by atoms with Gasteiger partial charge in [-0.3, -0.25) is 4.68 Å². The summed E-state index contributed by atoms with van der Waals surface area (Å²) in [5, 5.41) is 8.42. The van der Waals surface area contributed by atoms with Crippen molar-refractivity contribution in [2.24, 2.45) is 5.92 Å². The smallest absolute Gasteiger partial charge is 0.223 e. The maximum atomic E-state index is 4.89. The molecule has 0 bridgehead atoms. The molecule has 0 saturated heterocycles. The van der Waals surface area contributed by atoms with Crippen LogP contribution in [-0.4, -0.2) is 25.8 Å². The van der Waals surface area contributed by atoms with E-state index in [-0.39, 0.29) is 0 Å². The van der Waals surface area contributed by atoms with Gasteiger partial charge in [-0.1, -0.05) is 39.5 Å². The van der Waals surface area contributed by atoms with Gasteiger partial charge in [-0.25, -0.2) is 9.97 Å². The molecular weight excluding hydrogens is 346 g/mol. The van der Waals surface area contributed by atoms with Crippen LogP contribution in [0, 0.1) is 5.92 Å². The third-order valence-electron chi connectivity index (χ3n) is 6.39. The van der Waals surface area contributed by atoms with Gasteiger partial charge in [-0.05, 0) is 56.9 Å². The Morgan fingerprint density at radius 1 is 1.14 bits per heavy atom. The average Bonchev–Trinajstić information content (AvgIpc) is 3.45. The van der Waals surface area contributed by atoms with Crippen molar-refractivity contribution in [3.05, 3.63) is 24.2 Å². The van der Waals surface area contributed by atoms with E-state index >= 15 is 0 Å². The molecule has 5 heteroatoms. The van der Waals surface area contributed by atoms with Gasteiger partial charge in [-0.15, -0.1) is 0 Å². The van der Waals surface area contributed by atoms with Crippen molar-refractivity contribution >= 4 is 5.95 Å². The number of hydrogen-bond donors (Lipinski definition) is 1. The quantitative estimate of drug-likeness (QED) is 0.597. The van der Waals surface area contributed by atoms with Crippen molar-refractivity contribution < 1.29 is 0 Å². The molecule has 0 spiro atoms. The fourth-order valence-electron chi connectivity index (χ4n) is 4.56. The molecule has 0 aliphatic heterocycles. The average molecular weight is 382 g/mol. The molecule has 2 heterocycles. The summed E-state index contributed by atoms with van der Waals surface area (Å²) < 4.78 is 2.31. The number of rotatable bonds is 9. The maximum Gasteiger partial charge on any atom is 0.223 e. The first-order chi connectivity index (χ1) is 13.8. The van der Waals surface area contributed by atoms with Crippen LogP contribution in [0.2, 0.25) is 0 Å². The molecule has 28 heavy (non-hydrogen) atoms. The zero-order valence-electron chi connectivity index (χ0n) is 17.5. The lowest BCUT2D eigenvalue weighted by Crippen LogP contribution is -2.23. The van der Waals surface area contributed by atoms with Gasteiger partial charge in [-0.2, -0.15) is 5.10 Å². The van der Waals surface area contributed by atoms with Gasteiger partial charge in [0.05, 0.1) is 17.9 Å². The normalized spacial score (nSPS) is 18.9. The SMILES string of the molecule is CCCC(CC)n1ncc(-c2ccnc(NC3CCCCC3)n2)c1CC1CC1. The number of anilines is 1. The monoisotopic (exact) mass is 381 g/mol. The number of aromatic nitrogens is 4. The van der Waals surface area contributed by atoms with Crippen LogP contribution in [0.15, 0.2) is 18.5 Å². The van der Waals surface area contributed by atoms with E-state index in [9.17, 15) is 0 Å². The molecule has 0 aromatic carbocycles. The topological polar surface area (TPSA) is 55.6 Å². The van der Waals surface area contributed by atoms with Crippen molar-refractivity contribution in [2.45, 2.75) is 96.6 Å². The summed E-state index contributed by atoms with van der Waals surface area (Å²) >= 11 is 0. The first kappa shape index (κ1) is 19.4. The largest absolute Gasteiger partial charge is 0.351 e. The second kappa shape index (κ2) is 9.06. The maximum absolute atomic E-state index is 4.89. The molecule has 5 nitrogen and oxygen atoms in total. The number of hydrogen-bond acceptors (Lipinski definition) is 4. The molecule has 152 valence electrons. The predicted molar refractivity (Wildman–Crippen MR) is 114 cm³/mol. The highest BCUT2D eigenvalue weighted by Crippen LogP contribution is 2.37. The fraction of sp³-hybridized carbons (Fsp3) is 0.696. The van der Waals surface area contributed by atoms with Gasteiger partial charge in [0.15, 0.2) is 0 Å². The molecule has 1 N–H and O–H groups in total. The highest BCUT2D eigenvalue weighted by Gasteiger charge is 2.27. The Balaban J connectivity index is 1.60. The summed E-state index contributed by atoms with van der Waals surface area (Å²) in [6.07, 6.45) is 17.7. The molecule has 2 saturated carbocycles. The van der Waals surface area contributed by atoms with Gasteiger partial charge in [0.25, 0.3) is 0 Å². The van der Waals surface area contributed by atoms with Gasteiger partial charge in [0.1, 0.15) is 0 Å². The van der Waals surface area contributed by atoms with E-state index in [0.717, 1.165) is 30.4 Å². The molecule has 2 aliphatic carbocycles. The highest BCUT2D eigenvalue weighted by atomic mass is 15.3. The van der Waals surface area contributed by atoms with Gasteiger partial charge in [0, 0.05) is 23.5 Å². The van der Waals surface area contributed by atoms with Crippen LogP contribution in [0.1, 0.15) is 89.8 Å². The Kier molecular flexibility index (Phi) is 6.28. The van der Waals surface area contributed by atoms with Crippen LogP contribution in [0.25, 0.3) is 11.3 Å². The standard InChI is InChI=1S/C23H35N5/c1-3-8-19(4-2)28-22(15-17-11-12-17)20(16-25-28)21-13-14-24-23(27-21)26-18-9-6-5-7-10-18/h13-14,16-19H,3-12,15H2,1-2H3,(H,24,26,27). The summed E-state index contributed by atoms with van der Waals surface area (Å²) in [5.74, 6) is 1.60. The molecular formula is C23H35N5. The third kappa shape index (κ3) is 4.56. The zero-order valence-corrected chi connectivity index (χ0v) is 17.5.